The molecule has 1 aliphatic rings. The van der Waals surface area contributed by atoms with Gasteiger partial charge >= 0.3 is 0 Å². The molecule has 0 aliphatic carbocycles. The summed E-state index contributed by atoms with van der Waals surface area (Å²) in [6.45, 7) is 6.06. The van der Waals surface area contributed by atoms with Crippen molar-refractivity contribution in [1.82, 2.24) is 4.90 Å². The zero-order chi connectivity index (χ0) is 14.5. The highest BCUT2D eigenvalue weighted by atomic mass is 79.9. The van der Waals surface area contributed by atoms with Gasteiger partial charge in [-0.25, -0.2) is 0 Å². The molecule has 1 saturated heterocycles. The van der Waals surface area contributed by atoms with Crippen LogP contribution in [0.3, 0.4) is 0 Å². The van der Waals surface area contributed by atoms with Crippen molar-refractivity contribution >= 4 is 21.6 Å². The van der Waals surface area contributed by atoms with Gasteiger partial charge < -0.3 is 4.74 Å². The highest BCUT2D eigenvalue weighted by Crippen LogP contribution is 2.29. The molecule has 2 rings (SSSR count). The standard InChI is InChI=1S/C14H19BrN2O3/c1-11-4-6-16(7-5-11)8-9-20-14-3-2-12(17(18)19)10-13(14)15/h2-3,10-11H,4-9H2,1H3. The summed E-state index contributed by atoms with van der Waals surface area (Å²) in [5.74, 6) is 1.48. The number of nitro benzene ring substituents is 1. The van der Waals surface area contributed by atoms with Crippen LogP contribution in [0.1, 0.15) is 19.8 Å². The molecule has 0 bridgehead atoms. The minimum atomic E-state index is -0.413. The molecule has 6 heteroatoms. The molecule has 0 amide bonds. The quantitative estimate of drug-likeness (QED) is 0.607. The molecule has 1 aromatic carbocycles. The first-order valence-electron chi connectivity index (χ1n) is 6.85. The molecule has 0 unspecified atom stereocenters. The molecule has 20 heavy (non-hydrogen) atoms. The fraction of sp³-hybridized carbons (Fsp3) is 0.571. The molecule has 1 aliphatic heterocycles. The van der Waals surface area contributed by atoms with Crippen molar-refractivity contribution in [2.24, 2.45) is 5.92 Å². The molecule has 0 spiro atoms. The first-order chi connectivity index (χ1) is 9.56. The number of halogens is 1. The number of ether oxygens (including phenoxy) is 1. The average Bonchev–Trinajstić information content (AvgIpc) is 2.42. The first kappa shape index (κ1) is 15.3. The maximum Gasteiger partial charge on any atom is 0.270 e. The second-order valence-electron chi connectivity index (χ2n) is 5.24. The maximum absolute atomic E-state index is 10.6. The second-order valence-corrected chi connectivity index (χ2v) is 6.10. The lowest BCUT2D eigenvalue weighted by Gasteiger charge is -2.29. The van der Waals surface area contributed by atoms with Crippen LogP contribution in [-0.2, 0) is 0 Å². The Kier molecular flexibility index (Phi) is 5.37. The van der Waals surface area contributed by atoms with Crippen molar-refractivity contribution < 1.29 is 9.66 Å². The van der Waals surface area contributed by atoms with Crippen molar-refractivity contribution in [2.45, 2.75) is 19.8 Å². The van der Waals surface area contributed by atoms with E-state index in [1.54, 1.807) is 6.07 Å². The van der Waals surface area contributed by atoms with Crippen LogP contribution in [-0.4, -0.2) is 36.1 Å². The SMILES string of the molecule is CC1CCN(CCOc2ccc([N+](=O)[O-])cc2Br)CC1. The van der Waals surface area contributed by atoms with Gasteiger partial charge in [-0.05, 0) is 53.8 Å². The third-order valence-corrected chi connectivity index (χ3v) is 4.29. The molecule has 110 valence electrons. The average molecular weight is 343 g/mol. The third-order valence-electron chi connectivity index (χ3n) is 3.67. The van der Waals surface area contributed by atoms with Crippen molar-refractivity contribution in [3.8, 4) is 5.75 Å². The molecular weight excluding hydrogens is 324 g/mol. The van der Waals surface area contributed by atoms with E-state index in [0.29, 0.717) is 16.8 Å². The number of non-ortho nitro benzene ring substituents is 1. The highest BCUT2D eigenvalue weighted by molar-refractivity contribution is 9.10. The first-order valence-corrected chi connectivity index (χ1v) is 7.64. The van der Waals surface area contributed by atoms with Crippen LogP contribution in [0, 0.1) is 16.0 Å². The van der Waals surface area contributed by atoms with E-state index < -0.39 is 4.92 Å². The largest absolute Gasteiger partial charge is 0.491 e. The Morgan fingerprint density at radius 2 is 2.15 bits per heavy atom. The van der Waals surface area contributed by atoms with Gasteiger partial charge in [-0.3, -0.25) is 15.0 Å². The Labute approximate surface area is 127 Å². The summed E-state index contributed by atoms with van der Waals surface area (Å²) in [6.07, 6.45) is 2.50. The van der Waals surface area contributed by atoms with Crippen LogP contribution < -0.4 is 4.74 Å². The number of nitrogens with zero attached hydrogens (tertiary/aromatic N) is 2. The molecule has 5 nitrogen and oxygen atoms in total. The van der Waals surface area contributed by atoms with E-state index in [1.165, 1.54) is 25.0 Å². The zero-order valence-corrected chi connectivity index (χ0v) is 13.1. The summed E-state index contributed by atoms with van der Waals surface area (Å²) in [6, 6.07) is 4.57. The molecule has 1 fully saturated rings. The van der Waals surface area contributed by atoms with Gasteiger partial charge in [0.05, 0.1) is 9.40 Å². The fourth-order valence-corrected chi connectivity index (χ4v) is 2.77. The number of benzene rings is 1. The van der Waals surface area contributed by atoms with Crippen molar-refractivity contribution in [2.75, 3.05) is 26.2 Å². The number of nitro groups is 1. The summed E-state index contributed by atoms with van der Waals surface area (Å²) in [5.41, 5.74) is 0.0641. The zero-order valence-electron chi connectivity index (χ0n) is 11.5. The van der Waals surface area contributed by atoms with Crippen LogP contribution in [0.25, 0.3) is 0 Å². The number of piperidine rings is 1. The lowest BCUT2D eigenvalue weighted by Crippen LogP contribution is -2.35. The second kappa shape index (κ2) is 7.04. The van der Waals surface area contributed by atoms with Crippen molar-refractivity contribution in [3.05, 3.63) is 32.8 Å². The van der Waals surface area contributed by atoms with E-state index in [9.17, 15) is 10.1 Å². The maximum atomic E-state index is 10.6. The molecule has 0 aromatic heterocycles. The smallest absolute Gasteiger partial charge is 0.270 e. The monoisotopic (exact) mass is 342 g/mol. The van der Waals surface area contributed by atoms with Gasteiger partial charge in [-0.2, -0.15) is 0 Å². The Bertz CT molecular complexity index is 473. The Morgan fingerprint density at radius 3 is 2.75 bits per heavy atom. The summed E-state index contributed by atoms with van der Waals surface area (Å²) < 4.78 is 6.31. The van der Waals surface area contributed by atoms with Gasteiger partial charge in [0.1, 0.15) is 12.4 Å². The molecule has 1 aromatic rings. The minimum absolute atomic E-state index is 0.0641. The van der Waals surface area contributed by atoms with E-state index in [0.717, 1.165) is 25.6 Å². The topological polar surface area (TPSA) is 55.6 Å². The minimum Gasteiger partial charge on any atom is -0.491 e. The van der Waals surface area contributed by atoms with Crippen LogP contribution in [0.15, 0.2) is 22.7 Å². The van der Waals surface area contributed by atoms with Crippen molar-refractivity contribution in [1.29, 1.82) is 0 Å². The molecule has 0 saturated carbocycles. The molecular formula is C14H19BrN2O3. The van der Waals surface area contributed by atoms with Crippen molar-refractivity contribution in [3.63, 3.8) is 0 Å². The number of hydrogen-bond donors (Lipinski definition) is 0. The molecule has 0 radical (unpaired) electrons. The van der Waals surface area contributed by atoms with Gasteiger partial charge in [-0.1, -0.05) is 6.92 Å². The van der Waals surface area contributed by atoms with Gasteiger partial charge in [0.2, 0.25) is 0 Å². The summed E-state index contributed by atoms with van der Waals surface area (Å²) in [5, 5.41) is 10.6. The normalized spacial score (nSPS) is 17.1. The molecule has 0 N–H and O–H groups in total. The summed E-state index contributed by atoms with van der Waals surface area (Å²) in [7, 11) is 0. The van der Waals surface area contributed by atoms with E-state index in [2.05, 4.69) is 27.8 Å². The lowest BCUT2D eigenvalue weighted by molar-refractivity contribution is -0.385. The van der Waals surface area contributed by atoms with Gasteiger partial charge in [0.25, 0.3) is 5.69 Å². The van der Waals surface area contributed by atoms with E-state index >= 15 is 0 Å². The Hall–Kier alpha value is -1.14. The predicted octanol–water partition coefficient (Wildman–Crippen LogP) is 3.47. The summed E-state index contributed by atoms with van der Waals surface area (Å²) in [4.78, 5) is 12.6. The van der Waals surface area contributed by atoms with Crippen LogP contribution >= 0.6 is 15.9 Å². The highest BCUT2D eigenvalue weighted by Gasteiger charge is 2.15. The number of rotatable bonds is 5. The summed E-state index contributed by atoms with van der Waals surface area (Å²) >= 11 is 3.31. The van der Waals surface area contributed by atoms with E-state index in [4.69, 9.17) is 4.74 Å². The molecule has 1 heterocycles. The predicted molar refractivity (Wildman–Crippen MR) is 81.1 cm³/mol. The Morgan fingerprint density at radius 1 is 1.45 bits per heavy atom. The van der Waals surface area contributed by atoms with Crippen LogP contribution in [0.4, 0.5) is 5.69 Å². The Balaban J connectivity index is 1.81. The van der Waals surface area contributed by atoms with E-state index in [-0.39, 0.29) is 5.69 Å². The third kappa shape index (κ3) is 4.18. The number of hydrogen-bond acceptors (Lipinski definition) is 4. The lowest BCUT2D eigenvalue weighted by atomic mass is 9.99. The molecule has 0 atom stereocenters. The van der Waals surface area contributed by atoms with Gasteiger partial charge in [0.15, 0.2) is 0 Å². The van der Waals surface area contributed by atoms with Gasteiger partial charge in [-0.15, -0.1) is 0 Å². The van der Waals surface area contributed by atoms with E-state index in [1.807, 2.05) is 0 Å². The van der Waals surface area contributed by atoms with Gasteiger partial charge in [0, 0.05) is 18.7 Å². The van der Waals surface area contributed by atoms with Crippen LogP contribution in [0.5, 0.6) is 5.75 Å². The fourth-order valence-electron chi connectivity index (χ4n) is 2.29. The van der Waals surface area contributed by atoms with Crippen LogP contribution in [0.2, 0.25) is 0 Å². The number of likely N-dealkylation sites (tertiary alicyclic amines) is 1.